The number of nitrogens with two attached hydrogens (primary N) is 1. The van der Waals surface area contributed by atoms with Crippen LogP contribution in [-0.4, -0.2) is 13.6 Å². The minimum Gasteiger partial charge on any atom is -0.424 e. The second-order valence-corrected chi connectivity index (χ2v) is 7.55. The molecule has 0 atom stereocenters. The molecular weight excluding hydrogens is 376 g/mol. The third-order valence-electron chi connectivity index (χ3n) is 4.12. The summed E-state index contributed by atoms with van der Waals surface area (Å²) in [7, 11) is -3.97. The minimum absolute atomic E-state index is 0.0340. The van der Waals surface area contributed by atoms with Crippen LogP contribution in [0.2, 0.25) is 0 Å². The average Bonchev–Trinajstić information content (AvgIpc) is 3.12. The van der Waals surface area contributed by atoms with Gasteiger partial charge in [0.1, 0.15) is 11.4 Å². The van der Waals surface area contributed by atoms with Crippen molar-refractivity contribution in [3.8, 4) is 34.1 Å². The fraction of sp³-hybridized carbons (Fsp3) is 0. The Morgan fingerprint density at radius 3 is 2.11 bits per heavy atom. The standard InChI is InChI=1S/C21H16N2O4S/c22-28(24,25)18-14-8-7-13-17(18)19-20(15-9-3-1-4-10-15)23-27-21(19)26-16-11-5-2-6-12-16/h1-14H,(H2,22,24,25). The van der Waals surface area contributed by atoms with E-state index in [1.165, 1.54) is 6.07 Å². The average molecular weight is 392 g/mol. The van der Waals surface area contributed by atoms with Gasteiger partial charge in [-0.3, -0.25) is 0 Å². The number of rotatable bonds is 5. The van der Waals surface area contributed by atoms with Crippen molar-refractivity contribution < 1.29 is 17.7 Å². The predicted molar refractivity (Wildman–Crippen MR) is 105 cm³/mol. The molecule has 7 heteroatoms. The maximum Gasteiger partial charge on any atom is 0.325 e. The fourth-order valence-corrected chi connectivity index (χ4v) is 3.64. The number of hydrogen-bond acceptors (Lipinski definition) is 5. The summed E-state index contributed by atoms with van der Waals surface area (Å²) in [5.74, 6) is 0.619. The quantitative estimate of drug-likeness (QED) is 0.541. The molecule has 0 saturated carbocycles. The van der Waals surface area contributed by atoms with E-state index in [4.69, 9.17) is 14.4 Å². The minimum atomic E-state index is -3.97. The fourth-order valence-electron chi connectivity index (χ4n) is 2.89. The zero-order chi connectivity index (χ0) is 19.6. The Bertz CT molecular complexity index is 1200. The molecule has 6 nitrogen and oxygen atoms in total. The molecular formula is C21H16N2O4S. The van der Waals surface area contributed by atoms with E-state index in [9.17, 15) is 8.42 Å². The summed E-state index contributed by atoms with van der Waals surface area (Å²) in [5.41, 5.74) is 1.99. The summed E-state index contributed by atoms with van der Waals surface area (Å²) in [4.78, 5) is -0.0340. The van der Waals surface area contributed by atoms with Gasteiger partial charge in [0.15, 0.2) is 0 Å². The Balaban J connectivity index is 1.95. The maximum absolute atomic E-state index is 12.2. The van der Waals surface area contributed by atoms with Crippen LogP contribution in [-0.2, 0) is 10.0 Å². The van der Waals surface area contributed by atoms with Crippen molar-refractivity contribution in [2.75, 3.05) is 0 Å². The lowest BCUT2D eigenvalue weighted by Crippen LogP contribution is -2.13. The highest BCUT2D eigenvalue weighted by atomic mass is 32.2. The summed E-state index contributed by atoms with van der Waals surface area (Å²) in [6.07, 6.45) is 0. The lowest BCUT2D eigenvalue weighted by Gasteiger charge is -2.10. The van der Waals surface area contributed by atoms with E-state index in [0.29, 0.717) is 22.6 Å². The van der Waals surface area contributed by atoms with E-state index in [1.54, 1.807) is 30.3 Å². The number of sulfonamides is 1. The molecule has 0 aliphatic heterocycles. The Morgan fingerprint density at radius 2 is 1.43 bits per heavy atom. The molecule has 0 fully saturated rings. The molecule has 4 rings (SSSR count). The molecule has 1 heterocycles. The zero-order valence-electron chi connectivity index (χ0n) is 14.6. The molecule has 0 amide bonds. The molecule has 0 unspecified atom stereocenters. The molecule has 3 aromatic carbocycles. The first kappa shape index (κ1) is 18.0. The van der Waals surface area contributed by atoms with E-state index in [0.717, 1.165) is 5.56 Å². The Morgan fingerprint density at radius 1 is 0.821 bits per heavy atom. The smallest absolute Gasteiger partial charge is 0.325 e. The first-order valence-electron chi connectivity index (χ1n) is 8.44. The van der Waals surface area contributed by atoms with Gasteiger partial charge in [0.2, 0.25) is 10.0 Å². The van der Waals surface area contributed by atoms with E-state index >= 15 is 0 Å². The van der Waals surface area contributed by atoms with E-state index < -0.39 is 10.0 Å². The number of hydrogen-bond donors (Lipinski definition) is 1. The number of ether oxygens (including phenoxy) is 1. The van der Waals surface area contributed by atoms with Crippen molar-refractivity contribution in [1.29, 1.82) is 0 Å². The second kappa shape index (κ2) is 7.30. The number of benzene rings is 3. The molecule has 1 aromatic heterocycles. The Kier molecular flexibility index (Phi) is 4.68. The van der Waals surface area contributed by atoms with Crippen LogP contribution in [0.3, 0.4) is 0 Å². The van der Waals surface area contributed by atoms with Gasteiger partial charge in [0.25, 0.3) is 0 Å². The molecule has 0 bridgehead atoms. The van der Waals surface area contributed by atoms with Crippen molar-refractivity contribution >= 4 is 10.0 Å². The summed E-state index contributed by atoms with van der Waals surface area (Å²) in [6.45, 7) is 0. The van der Waals surface area contributed by atoms with Crippen LogP contribution in [0.15, 0.2) is 94.3 Å². The van der Waals surface area contributed by atoms with Gasteiger partial charge in [-0.1, -0.05) is 71.9 Å². The second-order valence-electron chi connectivity index (χ2n) is 6.02. The highest BCUT2D eigenvalue weighted by Crippen LogP contribution is 2.43. The van der Waals surface area contributed by atoms with Gasteiger partial charge in [-0.25, -0.2) is 13.6 Å². The number of aromatic nitrogens is 1. The third kappa shape index (κ3) is 3.53. The van der Waals surface area contributed by atoms with Crippen molar-refractivity contribution in [3.63, 3.8) is 0 Å². The van der Waals surface area contributed by atoms with Gasteiger partial charge < -0.3 is 9.26 Å². The van der Waals surface area contributed by atoms with Crippen molar-refractivity contribution in [2.24, 2.45) is 5.14 Å². The lowest BCUT2D eigenvalue weighted by atomic mass is 10.0. The molecule has 140 valence electrons. The molecule has 0 aliphatic rings. The Hall–Kier alpha value is -3.42. The lowest BCUT2D eigenvalue weighted by molar-refractivity contribution is 0.292. The zero-order valence-corrected chi connectivity index (χ0v) is 15.5. The SMILES string of the molecule is NS(=O)(=O)c1ccccc1-c1c(-c2ccccc2)noc1Oc1ccccc1. The summed E-state index contributed by atoms with van der Waals surface area (Å²) in [5, 5.41) is 9.58. The number of para-hydroxylation sites is 1. The van der Waals surface area contributed by atoms with Crippen molar-refractivity contribution in [1.82, 2.24) is 5.16 Å². The van der Waals surface area contributed by atoms with Crippen LogP contribution >= 0.6 is 0 Å². The van der Waals surface area contributed by atoms with Crippen LogP contribution in [0.5, 0.6) is 11.7 Å². The maximum atomic E-state index is 12.2. The summed E-state index contributed by atoms with van der Waals surface area (Å²) in [6, 6.07) is 24.8. The molecule has 0 aliphatic carbocycles. The van der Waals surface area contributed by atoms with E-state index in [2.05, 4.69) is 5.16 Å². The van der Waals surface area contributed by atoms with Crippen LogP contribution in [0.25, 0.3) is 22.4 Å². The van der Waals surface area contributed by atoms with Gasteiger partial charge in [-0.05, 0) is 18.2 Å². The Labute approximate surface area is 162 Å². The predicted octanol–water partition coefficient (Wildman–Crippen LogP) is 4.45. The summed E-state index contributed by atoms with van der Waals surface area (Å²) < 4.78 is 35.6. The number of primary sulfonamides is 1. The van der Waals surface area contributed by atoms with Crippen molar-refractivity contribution in [3.05, 3.63) is 84.9 Å². The highest BCUT2D eigenvalue weighted by molar-refractivity contribution is 7.89. The first-order valence-corrected chi connectivity index (χ1v) is 9.99. The molecule has 28 heavy (non-hydrogen) atoms. The van der Waals surface area contributed by atoms with Crippen LogP contribution in [0.4, 0.5) is 0 Å². The van der Waals surface area contributed by atoms with Gasteiger partial charge in [0.05, 0.1) is 10.5 Å². The molecule has 0 saturated heterocycles. The van der Waals surface area contributed by atoms with Gasteiger partial charge >= 0.3 is 5.95 Å². The topological polar surface area (TPSA) is 95.4 Å². The molecule has 0 radical (unpaired) electrons. The molecule has 0 spiro atoms. The van der Waals surface area contributed by atoms with Gasteiger partial charge in [0, 0.05) is 11.1 Å². The van der Waals surface area contributed by atoms with Crippen LogP contribution < -0.4 is 9.88 Å². The normalized spacial score (nSPS) is 11.3. The van der Waals surface area contributed by atoms with Gasteiger partial charge in [-0.2, -0.15) is 0 Å². The highest BCUT2D eigenvalue weighted by Gasteiger charge is 2.26. The largest absolute Gasteiger partial charge is 0.424 e. The van der Waals surface area contributed by atoms with Crippen LogP contribution in [0.1, 0.15) is 0 Å². The van der Waals surface area contributed by atoms with E-state index in [-0.39, 0.29) is 10.8 Å². The first-order chi connectivity index (χ1) is 13.5. The molecule has 4 aromatic rings. The molecule has 2 N–H and O–H groups in total. The van der Waals surface area contributed by atoms with Crippen LogP contribution in [0, 0.1) is 0 Å². The monoisotopic (exact) mass is 392 g/mol. The third-order valence-corrected chi connectivity index (χ3v) is 5.09. The summed E-state index contributed by atoms with van der Waals surface area (Å²) >= 11 is 0. The number of nitrogens with zero attached hydrogens (tertiary/aromatic N) is 1. The van der Waals surface area contributed by atoms with Gasteiger partial charge in [-0.15, -0.1) is 0 Å². The van der Waals surface area contributed by atoms with Crippen molar-refractivity contribution in [2.45, 2.75) is 4.90 Å². The van der Waals surface area contributed by atoms with E-state index in [1.807, 2.05) is 48.5 Å².